The van der Waals surface area contributed by atoms with E-state index in [1.165, 1.54) is 231 Å². The Hall–Kier alpha value is -4.05. The van der Waals surface area contributed by atoms with Gasteiger partial charge < -0.3 is 34.2 Å². The van der Waals surface area contributed by atoms with Gasteiger partial charge in [0.05, 0.1) is 26.4 Å². The van der Waals surface area contributed by atoms with E-state index in [2.05, 4.69) is 142 Å². The molecule has 4 N–H and O–H groups in total. The molecule has 0 aromatic heterocycles. The Morgan fingerprint density at radius 1 is 0.252 bits per heavy atom. The Labute approximate surface area is 703 Å². The van der Waals surface area contributed by atoms with Crippen LogP contribution in [0.1, 0.15) is 419 Å². The van der Waals surface area contributed by atoms with Crippen LogP contribution in [-0.2, 0) is 55.8 Å². The van der Waals surface area contributed by atoms with Gasteiger partial charge in [-0.1, -0.05) is 412 Å². The van der Waals surface area contributed by atoms with Crippen LogP contribution in [0.15, 0.2) is 122 Å². The van der Waals surface area contributed by atoms with Gasteiger partial charge in [-0.3, -0.25) is 32.5 Å². The molecule has 5 unspecified atom stereocenters. The first kappa shape index (κ1) is 111. The monoisotopic (exact) mass is 1660 g/mol. The zero-order valence-corrected chi connectivity index (χ0v) is 75.2. The van der Waals surface area contributed by atoms with Crippen LogP contribution < -0.4 is 0 Å². The molecule has 0 radical (unpaired) electrons. The summed E-state index contributed by atoms with van der Waals surface area (Å²) in [6, 6.07) is 0. The van der Waals surface area contributed by atoms with Crippen LogP contribution in [0.3, 0.4) is 0 Å². The largest absolute Gasteiger partial charge is 0.472 e. The van der Waals surface area contributed by atoms with Crippen molar-refractivity contribution in [2.75, 3.05) is 39.6 Å². The maximum absolute atomic E-state index is 13.0. The first-order valence-corrected chi connectivity index (χ1v) is 49.8. The number of aliphatic hydroxyl groups is 2. The number of carbonyl (C=O) groups excluding carboxylic acids is 3. The van der Waals surface area contributed by atoms with Crippen molar-refractivity contribution in [1.82, 2.24) is 0 Å². The zero-order valence-electron chi connectivity index (χ0n) is 73.4. The number of hydrogen-bond acceptors (Lipinski definition) is 14. The Bertz CT molecular complexity index is 2570. The van der Waals surface area contributed by atoms with Gasteiger partial charge in [-0.2, -0.15) is 0 Å². The molecular weight excluding hydrogens is 1480 g/mol. The van der Waals surface area contributed by atoms with Crippen LogP contribution in [-0.4, -0.2) is 95.9 Å². The maximum Gasteiger partial charge on any atom is 0.472 e. The highest BCUT2D eigenvalue weighted by Crippen LogP contribution is 2.45. The van der Waals surface area contributed by atoms with Gasteiger partial charge in [0.25, 0.3) is 0 Å². The predicted molar refractivity (Wildman–Crippen MR) is 482 cm³/mol. The number of unbranched alkanes of at least 4 members (excludes halogenated alkanes) is 46. The van der Waals surface area contributed by atoms with E-state index in [0.717, 1.165) is 128 Å². The first-order valence-electron chi connectivity index (χ1n) is 46.8. The molecule has 0 aliphatic carbocycles. The lowest BCUT2D eigenvalue weighted by Gasteiger charge is -2.21. The SMILES string of the molecule is CC/C=C\C/C=C\C/C=C\C/C=C\C/C=C\CCCCCCCCCCCCCCCCCCCCCC(=O)OCC(O)COP(=O)(O)OCC(O)COP(=O)(O)OCC(COC(=O)CCCCCCCCCCCCCCCCC/C=C\C/C=C\C/C=C\C/C=C\C/C=C\CC)OC(=O)CCCCCCCCCCCCCCC. The number of rotatable bonds is 89. The summed E-state index contributed by atoms with van der Waals surface area (Å²) in [7, 11) is -9.79. The second-order valence-corrected chi connectivity index (χ2v) is 34.3. The number of hydrogen-bond donors (Lipinski definition) is 4. The molecule has 666 valence electrons. The molecule has 115 heavy (non-hydrogen) atoms. The van der Waals surface area contributed by atoms with Gasteiger partial charge in [0.1, 0.15) is 25.4 Å². The van der Waals surface area contributed by atoms with Crippen molar-refractivity contribution < 1.29 is 75.8 Å². The Kier molecular flexibility index (Phi) is 86.1. The van der Waals surface area contributed by atoms with Crippen molar-refractivity contribution in [2.45, 2.75) is 437 Å². The van der Waals surface area contributed by atoms with Gasteiger partial charge in [0, 0.05) is 19.3 Å². The van der Waals surface area contributed by atoms with Crippen LogP contribution in [0.2, 0.25) is 0 Å². The Morgan fingerprint density at radius 2 is 0.461 bits per heavy atom. The average Bonchev–Trinajstić information content (AvgIpc) is 0.905. The maximum atomic E-state index is 13.0. The van der Waals surface area contributed by atoms with Crippen LogP contribution >= 0.6 is 15.6 Å². The predicted octanol–water partition coefficient (Wildman–Crippen LogP) is 28.8. The summed E-state index contributed by atoms with van der Waals surface area (Å²) < 4.78 is 61.4. The van der Waals surface area contributed by atoms with Gasteiger partial charge >= 0.3 is 33.6 Å². The molecule has 0 aromatic rings. The fourth-order valence-electron chi connectivity index (χ4n) is 13.2. The summed E-state index contributed by atoms with van der Waals surface area (Å²) >= 11 is 0. The van der Waals surface area contributed by atoms with Crippen LogP contribution in [0.5, 0.6) is 0 Å². The first-order chi connectivity index (χ1) is 56.2. The van der Waals surface area contributed by atoms with Crippen molar-refractivity contribution in [3.8, 4) is 0 Å². The third-order valence-electron chi connectivity index (χ3n) is 20.2. The number of allylic oxidation sites excluding steroid dienone is 20. The van der Waals surface area contributed by atoms with Gasteiger partial charge in [-0.05, 0) is 109 Å². The fourth-order valence-corrected chi connectivity index (χ4v) is 14.7. The van der Waals surface area contributed by atoms with E-state index in [-0.39, 0.29) is 19.3 Å². The number of esters is 3. The second kappa shape index (κ2) is 89.2. The summed E-state index contributed by atoms with van der Waals surface area (Å²) in [5.74, 6) is -1.55. The van der Waals surface area contributed by atoms with Crippen molar-refractivity contribution in [3.63, 3.8) is 0 Å². The Balaban J connectivity index is 4.35. The summed E-state index contributed by atoms with van der Waals surface area (Å²) in [5.41, 5.74) is 0. The number of carbonyl (C=O) groups is 3. The normalized spacial score (nSPS) is 14.3. The highest BCUT2D eigenvalue weighted by atomic mass is 31.2. The molecule has 0 bridgehead atoms. The standard InChI is InChI=1S/C97H172O16P2/c1-4-7-10-13-16-19-22-25-27-29-31-33-35-37-39-41-43-44-45-46-48-50-51-53-55-57-59-61-63-66-68-71-74-77-80-83-95(100)107-86-92(98)87-109-114(103,104)110-88-93(99)89-111-115(105,106)112-91-94(113-97(102)85-82-79-76-73-70-65-24-21-18-15-12-9-6-3)90-108-96(101)84-81-78-75-72-69-67-64-62-60-58-56-54-52-49-47-42-40-38-36-34-32-30-28-26-23-20-17-14-11-8-5-2/h7-8,10-11,16-17,19-20,25-28,31-34,37-40,92-94,98-99H,4-6,9,12-15,18,21-24,29-30,35-36,41-91H2,1-3H3,(H,103,104)(H,105,106)/b10-7-,11-8-,19-16-,20-17-,27-25-,28-26-,33-31-,34-32-,39-37-,40-38-. The van der Waals surface area contributed by atoms with E-state index >= 15 is 0 Å². The summed E-state index contributed by atoms with van der Waals surface area (Å²) in [4.78, 5) is 58.9. The molecule has 0 fully saturated rings. The summed E-state index contributed by atoms with van der Waals surface area (Å²) in [6.45, 7) is 2.53. The number of ether oxygens (including phenoxy) is 3. The molecule has 0 saturated heterocycles. The van der Waals surface area contributed by atoms with Crippen LogP contribution in [0.25, 0.3) is 0 Å². The quantitative estimate of drug-likeness (QED) is 0.0146. The smallest absolute Gasteiger partial charge is 0.463 e. The van der Waals surface area contributed by atoms with Gasteiger partial charge in [0.2, 0.25) is 0 Å². The lowest BCUT2D eigenvalue weighted by Crippen LogP contribution is -2.30. The molecule has 16 nitrogen and oxygen atoms in total. The second-order valence-electron chi connectivity index (χ2n) is 31.4. The molecular formula is C97H172O16P2. The molecule has 0 amide bonds. The van der Waals surface area contributed by atoms with Crippen molar-refractivity contribution in [2.24, 2.45) is 0 Å². The average molecular weight is 1660 g/mol. The van der Waals surface area contributed by atoms with E-state index in [9.17, 15) is 43.5 Å². The topological polar surface area (TPSA) is 231 Å². The van der Waals surface area contributed by atoms with Gasteiger partial charge in [-0.25, -0.2) is 9.13 Å². The van der Waals surface area contributed by atoms with Gasteiger partial charge in [-0.15, -0.1) is 0 Å². The lowest BCUT2D eigenvalue weighted by atomic mass is 10.0. The molecule has 0 spiro atoms. The van der Waals surface area contributed by atoms with E-state index in [1.54, 1.807) is 0 Å². The Morgan fingerprint density at radius 3 is 0.730 bits per heavy atom. The van der Waals surface area contributed by atoms with E-state index in [0.29, 0.717) is 19.3 Å². The summed E-state index contributed by atoms with van der Waals surface area (Å²) in [5, 5.41) is 20.7. The van der Waals surface area contributed by atoms with E-state index in [4.69, 9.17) is 32.3 Å². The van der Waals surface area contributed by atoms with Crippen LogP contribution in [0.4, 0.5) is 0 Å². The molecule has 0 saturated carbocycles. The van der Waals surface area contributed by atoms with Crippen LogP contribution in [0, 0.1) is 0 Å². The van der Waals surface area contributed by atoms with Crippen molar-refractivity contribution >= 4 is 33.6 Å². The lowest BCUT2D eigenvalue weighted by molar-refractivity contribution is -0.161. The summed E-state index contributed by atoms with van der Waals surface area (Å²) in [6.07, 6.45) is 110. The number of phosphoric acid groups is 2. The molecule has 5 atom stereocenters. The molecule has 0 rings (SSSR count). The molecule has 0 heterocycles. The minimum absolute atomic E-state index is 0.110. The third kappa shape index (κ3) is 90.6. The highest BCUT2D eigenvalue weighted by Gasteiger charge is 2.30. The highest BCUT2D eigenvalue weighted by molar-refractivity contribution is 7.47. The molecule has 0 aromatic carbocycles. The third-order valence-corrected chi connectivity index (χ3v) is 22.1. The van der Waals surface area contributed by atoms with Gasteiger partial charge in [0.15, 0.2) is 6.10 Å². The van der Waals surface area contributed by atoms with Crippen molar-refractivity contribution in [3.05, 3.63) is 122 Å². The minimum atomic E-state index is -4.93. The van der Waals surface area contributed by atoms with E-state index in [1.807, 2.05) is 0 Å². The van der Waals surface area contributed by atoms with Crippen molar-refractivity contribution in [1.29, 1.82) is 0 Å². The molecule has 0 aliphatic heterocycles. The number of phosphoric ester groups is 2. The zero-order chi connectivity index (χ0) is 83.6. The fraction of sp³-hybridized carbons (Fsp3) is 0.763. The minimum Gasteiger partial charge on any atom is -0.463 e. The molecule has 0 aliphatic rings. The molecule has 18 heteroatoms. The number of aliphatic hydroxyl groups excluding tert-OH is 2. The van der Waals surface area contributed by atoms with E-state index < -0.39 is 91.5 Å².